The lowest BCUT2D eigenvalue weighted by atomic mass is 9.48. The molecule has 2 spiro atoms. The van der Waals surface area contributed by atoms with E-state index < -0.39 is 16.8 Å². The van der Waals surface area contributed by atoms with Crippen LogP contribution in [0.4, 0.5) is 0 Å². The van der Waals surface area contributed by atoms with Gasteiger partial charge in [0, 0.05) is 18.0 Å². The summed E-state index contributed by atoms with van der Waals surface area (Å²) in [4.78, 5) is 2.32. The van der Waals surface area contributed by atoms with E-state index in [1.54, 1.807) is 7.11 Å². The molecule has 2 bridgehead atoms. The smallest absolute Gasteiger partial charge is 0.207 e. The third-order valence-electron chi connectivity index (χ3n) is 7.90. The zero-order chi connectivity index (χ0) is 18.6. The number of hydrogen-bond acceptors (Lipinski definition) is 6. The number of likely N-dealkylation sites (tertiary alicyclic amines) is 1. The summed E-state index contributed by atoms with van der Waals surface area (Å²) in [6.45, 7) is 3.53. The first-order valence-corrected chi connectivity index (χ1v) is 10.1. The molecule has 1 N–H and O–H groups in total. The Balaban J connectivity index is 1.63. The zero-order valence-electron chi connectivity index (χ0n) is 16.2. The van der Waals surface area contributed by atoms with Crippen LogP contribution in [0, 0.1) is 0 Å². The van der Waals surface area contributed by atoms with Crippen LogP contribution in [-0.4, -0.2) is 67.0 Å². The van der Waals surface area contributed by atoms with Crippen molar-refractivity contribution in [1.82, 2.24) is 4.90 Å². The maximum atomic E-state index is 12.2. The van der Waals surface area contributed by atoms with Crippen molar-refractivity contribution >= 4 is 0 Å². The second-order valence-electron chi connectivity index (χ2n) is 9.03. The minimum atomic E-state index is -0.848. The SMILES string of the molecule is COc1ccc2c3c1O[C@H]1C4(CCC5(O)[C@@H](C2)N(C)CC[C@]315)OCC(C)O4. The fraction of sp³-hybridized carbons (Fsp3) is 0.714. The fourth-order valence-corrected chi connectivity index (χ4v) is 6.80. The van der Waals surface area contributed by atoms with Gasteiger partial charge in [-0.2, -0.15) is 0 Å². The molecule has 2 aliphatic carbocycles. The first-order valence-electron chi connectivity index (χ1n) is 10.1. The van der Waals surface area contributed by atoms with Gasteiger partial charge in [0.25, 0.3) is 0 Å². The van der Waals surface area contributed by atoms with Gasteiger partial charge in [0.15, 0.2) is 17.6 Å². The highest BCUT2D eigenvalue weighted by atomic mass is 16.8. The quantitative estimate of drug-likeness (QED) is 0.807. The van der Waals surface area contributed by atoms with Crippen LogP contribution in [0.15, 0.2) is 12.1 Å². The molecule has 0 radical (unpaired) electrons. The number of methoxy groups -OCH3 is 1. The number of nitrogens with zero attached hydrogens (tertiary/aromatic N) is 1. The topological polar surface area (TPSA) is 60.4 Å². The molecular formula is C21H27NO5. The van der Waals surface area contributed by atoms with Crippen LogP contribution in [-0.2, 0) is 21.3 Å². The summed E-state index contributed by atoms with van der Waals surface area (Å²) >= 11 is 0. The zero-order valence-corrected chi connectivity index (χ0v) is 16.2. The molecule has 3 fully saturated rings. The van der Waals surface area contributed by atoms with Crippen LogP contribution < -0.4 is 9.47 Å². The molecule has 1 aromatic carbocycles. The van der Waals surface area contributed by atoms with Crippen LogP contribution in [0.25, 0.3) is 0 Å². The Hall–Kier alpha value is -1.34. The van der Waals surface area contributed by atoms with Crippen molar-refractivity contribution in [2.24, 2.45) is 0 Å². The maximum Gasteiger partial charge on any atom is 0.207 e. The van der Waals surface area contributed by atoms with Crippen LogP contribution in [0.2, 0.25) is 0 Å². The second-order valence-corrected chi connectivity index (χ2v) is 9.03. The van der Waals surface area contributed by atoms with Crippen molar-refractivity contribution < 1.29 is 24.1 Å². The Labute approximate surface area is 159 Å². The molecule has 6 rings (SSSR count). The number of likely N-dealkylation sites (N-methyl/N-ethyl adjacent to an activating group) is 1. The van der Waals surface area contributed by atoms with Crippen molar-refractivity contribution in [1.29, 1.82) is 0 Å². The molecule has 0 aromatic heterocycles. The van der Waals surface area contributed by atoms with E-state index in [1.807, 2.05) is 13.0 Å². The summed E-state index contributed by atoms with van der Waals surface area (Å²) in [6, 6.07) is 4.23. The Morgan fingerprint density at radius 2 is 2.11 bits per heavy atom. The third-order valence-corrected chi connectivity index (χ3v) is 7.90. The maximum absolute atomic E-state index is 12.2. The van der Waals surface area contributed by atoms with Crippen LogP contribution in [0.3, 0.4) is 0 Å². The lowest BCUT2D eigenvalue weighted by Gasteiger charge is -2.64. The van der Waals surface area contributed by atoms with Gasteiger partial charge in [0.05, 0.1) is 30.8 Å². The molecule has 6 nitrogen and oxygen atoms in total. The van der Waals surface area contributed by atoms with Crippen LogP contribution in [0.1, 0.15) is 37.3 Å². The van der Waals surface area contributed by atoms with E-state index in [0.29, 0.717) is 19.4 Å². The van der Waals surface area contributed by atoms with Gasteiger partial charge in [-0.05, 0) is 51.4 Å². The molecule has 1 aromatic rings. The van der Waals surface area contributed by atoms with E-state index in [2.05, 4.69) is 18.0 Å². The summed E-state index contributed by atoms with van der Waals surface area (Å²) in [7, 11) is 3.80. The van der Waals surface area contributed by atoms with Gasteiger partial charge in [-0.25, -0.2) is 0 Å². The second kappa shape index (κ2) is 4.98. The molecule has 0 amide bonds. The average molecular weight is 373 g/mol. The largest absolute Gasteiger partial charge is 0.493 e. The van der Waals surface area contributed by atoms with Gasteiger partial charge in [0.1, 0.15) is 0 Å². The Morgan fingerprint density at radius 1 is 1.26 bits per heavy atom. The van der Waals surface area contributed by atoms with E-state index >= 15 is 0 Å². The summed E-state index contributed by atoms with van der Waals surface area (Å²) in [5.74, 6) is 0.734. The molecule has 3 unspecified atom stereocenters. The Kier molecular flexibility index (Phi) is 3.06. The summed E-state index contributed by atoms with van der Waals surface area (Å²) in [5, 5.41) is 12.2. The highest BCUT2D eigenvalue weighted by Gasteiger charge is 2.77. The minimum Gasteiger partial charge on any atom is -0.493 e. The number of rotatable bonds is 1. The highest BCUT2D eigenvalue weighted by Crippen LogP contribution is 2.68. The van der Waals surface area contributed by atoms with Gasteiger partial charge in [-0.1, -0.05) is 6.07 Å². The van der Waals surface area contributed by atoms with Crippen molar-refractivity contribution in [2.45, 2.75) is 67.7 Å². The summed E-state index contributed by atoms with van der Waals surface area (Å²) in [6.07, 6.45) is 2.66. The number of fused-ring (bicyclic) bond motifs is 1. The standard InChI is InChI=1S/C21H27NO5/c1-12-11-25-21(27-12)7-6-20(23)15-10-13-4-5-14(24-3)17-16(13)19(20,18(21)26-17)8-9-22(15)2/h4-5,12,15,18,23H,6-11H2,1-3H3/t12?,15-,18-,19+,20?,21?/m1/s1. The predicted octanol–water partition coefficient (Wildman–Crippen LogP) is 1.61. The molecule has 1 saturated carbocycles. The lowest BCUT2D eigenvalue weighted by molar-refractivity contribution is -0.299. The third kappa shape index (κ3) is 1.69. The molecule has 2 saturated heterocycles. The number of piperidine rings is 1. The molecule has 5 aliphatic rings. The van der Waals surface area contributed by atoms with Crippen molar-refractivity contribution in [3.8, 4) is 11.5 Å². The average Bonchev–Trinajstić information content (AvgIpc) is 3.20. The van der Waals surface area contributed by atoms with E-state index in [9.17, 15) is 5.11 Å². The van der Waals surface area contributed by atoms with Gasteiger partial charge in [0.2, 0.25) is 5.79 Å². The van der Waals surface area contributed by atoms with Crippen LogP contribution >= 0.6 is 0 Å². The molecule has 3 heterocycles. The molecule has 146 valence electrons. The van der Waals surface area contributed by atoms with E-state index in [1.165, 1.54) is 5.56 Å². The number of aliphatic hydroxyl groups is 1. The lowest BCUT2D eigenvalue weighted by Crippen LogP contribution is -2.79. The van der Waals surface area contributed by atoms with E-state index in [4.69, 9.17) is 18.9 Å². The first-order chi connectivity index (χ1) is 13.0. The van der Waals surface area contributed by atoms with Gasteiger partial charge >= 0.3 is 0 Å². The van der Waals surface area contributed by atoms with E-state index in [-0.39, 0.29) is 18.2 Å². The van der Waals surface area contributed by atoms with Crippen molar-refractivity contribution in [3.63, 3.8) is 0 Å². The van der Waals surface area contributed by atoms with E-state index in [0.717, 1.165) is 36.4 Å². The number of hydrogen-bond donors (Lipinski definition) is 1. The molecule has 27 heavy (non-hydrogen) atoms. The number of ether oxygens (including phenoxy) is 4. The Bertz CT molecular complexity index is 829. The predicted molar refractivity (Wildman–Crippen MR) is 97.2 cm³/mol. The molecular weight excluding hydrogens is 346 g/mol. The highest BCUT2D eigenvalue weighted by molar-refractivity contribution is 5.63. The van der Waals surface area contributed by atoms with Gasteiger partial charge < -0.3 is 29.0 Å². The summed E-state index contributed by atoms with van der Waals surface area (Å²) in [5.41, 5.74) is 1.05. The summed E-state index contributed by atoms with van der Waals surface area (Å²) < 4.78 is 24.9. The Morgan fingerprint density at radius 3 is 2.85 bits per heavy atom. The first kappa shape index (κ1) is 16.6. The minimum absolute atomic E-state index is 0.0342. The monoisotopic (exact) mass is 373 g/mol. The molecule has 3 aliphatic heterocycles. The van der Waals surface area contributed by atoms with Crippen molar-refractivity contribution in [2.75, 3.05) is 27.3 Å². The number of benzene rings is 1. The molecule has 6 heteroatoms. The van der Waals surface area contributed by atoms with Crippen LogP contribution in [0.5, 0.6) is 11.5 Å². The van der Waals surface area contributed by atoms with Crippen molar-refractivity contribution in [3.05, 3.63) is 23.3 Å². The fourth-order valence-electron chi connectivity index (χ4n) is 6.80. The molecule has 6 atom stereocenters. The van der Waals surface area contributed by atoms with Gasteiger partial charge in [-0.3, -0.25) is 0 Å². The normalized spacial score (nSPS) is 47.0. The van der Waals surface area contributed by atoms with Gasteiger partial charge in [-0.15, -0.1) is 0 Å².